The Balaban J connectivity index is 1.13. The molecule has 17 heteroatoms. The molecule has 66 heavy (non-hydrogen) atoms. The molecule has 1 aliphatic heterocycles. The van der Waals surface area contributed by atoms with Gasteiger partial charge in [-0.1, -0.05) is 92.6 Å². The van der Waals surface area contributed by atoms with E-state index in [1.807, 2.05) is 84.9 Å². The number of hydrogen-bond donors (Lipinski definition) is 4. The largest absolute Gasteiger partial charge is 0.497 e. The van der Waals surface area contributed by atoms with Gasteiger partial charge in [0.2, 0.25) is 0 Å². The predicted molar refractivity (Wildman–Crippen MR) is 247 cm³/mol. The summed E-state index contributed by atoms with van der Waals surface area (Å²) >= 11 is 0. The molecule has 3 aromatic carbocycles. The van der Waals surface area contributed by atoms with E-state index in [1.54, 1.807) is 14.0 Å². The Bertz CT molecular complexity index is 2250. The molecular formula is C49H63FN5O10P. The number of carbonyl (C=O) groups excluding carboxylic acids is 2. The maximum atomic E-state index is 16.5. The molecule has 0 bridgehead atoms. The topological polar surface area (TPSA) is 189 Å². The van der Waals surface area contributed by atoms with Crippen LogP contribution in [-0.4, -0.2) is 82.5 Å². The van der Waals surface area contributed by atoms with Crippen molar-refractivity contribution in [3.05, 3.63) is 124 Å². The lowest BCUT2D eigenvalue weighted by Crippen LogP contribution is -2.48. The number of rotatable bonds is 19. The molecule has 0 radical (unpaired) electrons. The fourth-order valence-electron chi connectivity index (χ4n) is 9.17. The zero-order valence-corrected chi connectivity index (χ0v) is 39.0. The second-order valence-electron chi connectivity index (χ2n) is 17.6. The van der Waals surface area contributed by atoms with Crippen LogP contribution in [-0.2, 0) is 38.4 Å². The van der Waals surface area contributed by atoms with E-state index in [9.17, 15) is 24.1 Å². The number of alkyl halides is 1. The highest BCUT2D eigenvalue weighted by molar-refractivity contribution is 7.54. The van der Waals surface area contributed by atoms with Crippen LogP contribution in [0, 0.1) is 0 Å². The molecule has 4 aromatic rings. The number of benzene rings is 3. The van der Waals surface area contributed by atoms with Crippen LogP contribution in [0.3, 0.4) is 0 Å². The van der Waals surface area contributed by atoms with Gasteiger partial charge >= 0.3 is 25.3 Å². The second kappa shape index (κ2) is 21.8. The van der Waals surface area contributed by atoms with Gasteiger partial charge in [-0.15, -0.1) is 0 Å². The molecule has 3 fully saturated rings. The monoisotopic (exact) mass is 931 g/mol. The Morgan fingerprint density at radius 1 is 0.833 bits per heavy atom. The first-order valence-electron chi connectivity index (χ1n) is 23.1. The number of halogens is 1. The van der Waals surface area contributed by atoms with Crippen LogP contribution in [0.15, 0.2) is 102 Å². The van der Waals surface area contributed by atoms with Gasteiger partial charge in [-0.3, -0.25) is 18.7 Å². The van der Waals surface area contributed by atoms with E-state index < -0.39 is 73.6 Å². The summed E-state index contributed by atoms with van der Waals surface area (Å²) in [5.41, 5.74) is -1.28. The van der Waals surface area contributed by atoms with Crippen molar-refractivity contribution in [1.29, 1.82) is 0 Å². The Hall–Kier alpha value is -4.96. The molecule has 1 aromatic heterocycles. The third kappa shape index (κ3) is 11.1. The fourth-order valence-corrected chi connectivity index (χ4v) is 11.0. The summed E-state index contributed by atoms with van der Waals surface area (Å²) in [5, 5.41) is 20.5. The van der Waals surface area contributed by atoms with Crippen molar-refractivity contribution in [3.63, 3.8) is 0 Å². The average molecular weight is 932 g/mol. The number of nitrogens with zero attached hydrogens (tertiary/aromatic N) is 2. The number of methoxy groups -OCH3 is 1. The highest BCUT2D eigenvalue weighted by Gasteiger charge is 2.56. The van der Waals surface area contributed by atoms with Gasteiger partial charge in [-0.2, -0.15) is 4.98 Å². The van der Waals surface area contributed by atoms with E-state index in [2.05, 4.69) is 20.5 Å². The number of ether oxygens (including phenoxy) is 4. The smallest absolute Gasteiger partial charge is 0.351 e. The standard InChI is InChI=1S/C49H63FN5O10P/c1-5-48(32-62-66(60,53-33(2)45(57)63-39-22-14-8-15-23-39)54-34(3)46(58)64-40-24-16-9-17-25-40)43(56)42(50)44(65-48)55-31-30-41(51-47(55)59)52-49(35-18-10-6-11-19-35,36-20-12-7-13-21-36)37-26-28-38(61-4)29-27-37/h6-7,10-13,18-21,26-31,33-34,39-40,42-44,56H,5,8-9,14-17,22-25,32H2,1-4H3,(H,51,52,59)(H2,53,54,60)/t33-,34-,42+,43-,44+,48+/m0/s1. The highest BCUT2D eigenvalue weighted by atomic mass is 31.2. The van der Waals surface area contributed by atoms with Crippen LogP contribution in [0.4, 0.5) is 10.2 Å². The van der Waals surface area contributed by atoms with Crippen LogP contribution >= 0.6 is 7.67 Å². The number of carbonyl (C=O) groups is 2. The first-order valence-corrected chi connectivity index (χ1v) is 24.8. The van der Waals surface area contributed by atoms with Crippen LogP contribution < -0.4 is 25.9 Å². The van der Waals surface area contributed by atoms with Crippen molar-refractivity contribution in [2.45, 2.75) is 145 Å². The van der Waals surface area contributed by atoms with Gasteiger partial charge in [0.1, 0.15) is 53.1 Å². The van der Waals surface area contributed by atoms with Gasteiger partial charge in [0.15, 0.2) is 12.4 Å². The van der Waals surface area contributed by atoms with Crippen molar-refractivity contribution in [2.24, 2.45) is 0 Å². The summed E-state index contributed by atoms with van der Waals surface area (Å²) in [4.78, 5) is 44.9. The normalized spacial score (nSPS) is 22.8. The Kier molecular flexibility index (Phi) is 16.2. The first kappa shape index (κ1) is 49.0. The van der Waals surface area contributed by atoms with E-state index in [0.29, 0.717) is 5.75 Å². The molecule has 1 saturated heterocycles. The number of nitrogens with one attached hydrogen (secondary N) is 3. The van der Waals surface area contributed by atoms with Crippen LogP contribution in [0.2, 0.25) is 0 Å². The first-order chi connectivity index (χ1) is 31.8. The molecule has 7 rings (SSSR count). The number of aliphatic hydroxyl groups excluding tert-OH is 1. The molecule has 6 atom stereocenters. The minimum atomic E-state index is -4.42. The molecule has 0 spiro atoms. The summed E-state index contributed by atoms with van der Waals surface area (Å²) in [6.07, 6.45) is 3.76. The fraction of sp³-hybridized carbons (Fsp3) is 0.510. The lowest BCUT2D eigenvalue weighted by Gasteiger charge is -2.37. The van der Waals surface area contributed by atoms with Crippen molar-refractivity contribution in [3.8, 4) is 5.75 Å². The zero-order valence-electron chi connectivity index (χ0n) is 38.1. The van der Waals surface area contributed by atoms with Gasteiger partial charge in [0.05, 0.1) is 13.7 Å². The maximum Gasteiger partial charge on any atom is 0.351 e. The Labute approximate surface area is 385 Å². The quantitative estimate of drug-likeness (QED) is 0.0404. The van der Waals surface area contributed by atoms with Crippen LogP contribution in [0.25, 0.3) is 0 Å². The summed E-state index contributed by atoms with van der Waals surface area (Å²) in [5.74, 6) is -0.486. The number of anilines is 1. The Morgan fingerprint density at radius 2 is 1.33 bits per heavy atom. The van der Waals surface area contributed by atoms with E-state index in [1.165, 1.54) is 26.1 Å². The van der Waals surface area contributed by atoms with Gasteiger partial charge in [-0.05, 0) is 107 Å². The van der Waals surface area contributed by atoms with E-state index in [0.717, 1.165) is 85.5 Å². The third-order valence-corrected chi connectivity index (χ3v) is 15.0. The SMILES string of the molecule is CC[C@]1(COP(=O)(N[C@@H](C)C(=O)OC2CCCCC2)N[C@@H](C)C(=O)OC2CCCCC2)O[C@@H](n2ccc(NC(c3ccccc3)(c3ccccc3)c3ccc(OC)cc3)nc2=O)[C@H](F)[C@@H]1O. The summed E-state index contributed by atoms with van der Waals surface area (Å²) in [7, 11) is -2.83. The lowest BCUT2D eigenvalue weighted by atomic mass is 9.77. The van der Waals surface area contributed by atoms with Crippen molar-refractivity contribution >= 4 is 25.4 Å². The predicted octanol–water partition coefficient (Wildman–Crippen LogP) is 7.87. The molecule has 2 saturated carbocycles. The molecule has 3 aliphatic rings. The third-order valence-electron chi connectivity index (χ3n) is 13.0. The van der Waals surface area contributed by atoms with Gasteiger partial charge in [0, 0.05) is 6.20 Å². The van der Waals surface area contributed by atoms with Crippen LogP contribution in [0.5, 0.6) is 5.75 Å². The summed E-state index contributed by atoms with van der Waals surface area (Å²) in [6.45, 7) is 3.89. The Morgan fingerprint density at radius 3 is 1.80 bits per heavy atom. The summed E-state index contributed by atoms with van der Waals surface area (Å²) in [6, 6.07) is 26.1. The zero-order chi connectivity index (χ0) is 46.9. The molecule has 0 amide bonds. The molecule has 356 valence electrons. The minimum Gasteiger partial charge on any atom is -0.497 e. The van der Waals surface area contributed by atoms with Gasteiger partial charge < -0.3 is 33.9 Å². The van der Waals surface area contributed by atoms with E-state index in [-0.39, 0.29) is 24.4 Å². The van der Waals surface area contributed by atoms with Gasteiger partial charge in [-0.25, -0.2) is 19.4 Å². The molecular weight excluding hydrogens is 869 g/mol. The number of aromatic nitrogens is 2. The van der Waals surface area contributed by atoms with Crippen molar-refractivity contribution in [2.75, 3.05) is 19.0 Å². The highest BCUT2D eigenvalue weighted by Crippen LogP contribution is 2.47. The molecule has 2 aliphatic carbocycles. The minimum absolute atomic E-state index is 0.0516. The second-order valence-corrected chi connectivity index (χ2v) is 19.5. The molecule has 0 unspecified atom stereocenters. The molecule has 15 nitrogen and oxygen atoms in total. The number of aliphatic hydroxyl groups is 1. The van der Waals surface area contributed by atoms with Crippen molar-refractivity contribution < 1.29 is 47.1 Å². The number of hydrogen-bond acceptors (Lipinski definition) is 12. The maximum absolute atomic E-state index is 16.5. The van der Waals surface area contributed by atoms with E-state index >= 15 is 4.39 Å². The average Bonchev–Trinajstić information content (AvgIpc) is 3.59. The number of esters is 2. The summed E-state index contributed by atoms with van der Waals surface area (Å²) < 4.78 is 61.3. The molecule has 2 heterocycles. The van der Waals surface area contributed by atoms with E-state index in [4.69, 9.17) is 23.5 Å². The van der Waals surface area contributed by atoms with Gasteiger partial charge in [0.25, 0.3) is 0 Å². The van der Waals surface area contributed by atoms with Crippen LogP contribution in [0.1, 0.15) is 114 Å². The lowest BCUT2D eigenvalue weighted by molar-refractivity contribution is -0.152. The molecule has 4 N–H and O–H groups in total. The van der Waals surface area contributed by atoms with Crippen molar-refractivity contribution in [1.82, 2.24) is 19.7 Å².